The summed E-state index contributed by atoms with van der Waals surface area (Å²) in [5, 5.41) is 4.78. The molecule has 7 heteroatoms. The molecule has 0 atom stereocenters. The van der Waals surface area contributed by atoms with E-state index in [1.165, 1.54) is 13.2 Å². The highest BCUT2D eigenvalue weighted by Gasteiger charge is 2.26. The zero-order valence-electron chi connectivity index (χ0n) is 12.8. The minimum Gasteiger partial charge on any atom is -0.493 e. The highest BCUT2D eigenvalue weighted by Crippen LogP contribution is 2.34. The second-order valence-corrected chi connectivity index (χ2v) is 5.11. The number of ether oxygens (including phenoxy) is 2. The molecule has 1 fully saturated rings. The Morgan fingerprint density at radius 3 is 2.35 bits per heavy atom. The molecule has 2 N–H and O–H groups in total. The third-order valence-electron chi connectivity index (χ3n) is 3.20. The van der Waals surface area contributed by atoms with Crippen LogP contribution in [0.5, 0.6) is 11.5 Å². The number of hydrogen-bond donors (Lipinski definition) is 2. The summed E-state index contributed by atoms with van der Waals surface area (Å²) in [4.78, 5) is 23.8. The number of methoxy groups -OCH3 is 2. The molecule has 0 radical (unpaired) electrons. The van der Waals surface area contributed by atoms with Gasteiger partial charge in [0.2, 0.25) is 0 Å². The summed E-state index contributed by atoms with van der Waals surface area (Å²) in [5.74, 6) is 0.0109. The molecular formula is C16H16N2O4S. The van der Waals surface area contributed by atoms with Gasteiger partial charge in [-0.05, 0) is 42.4 Å². The van der Waals surface area contributed by atoms with Crippen molar-refractivity contribution in [2.75, 3.05) is 14.2 Å². The van der Waals surface area contributed by atoms with E-state index in [2.05, 4.69) is 17.2 Å². The van der Waals surface area contributed by atoms with Crippen molar-refractivity contribution in [1.82, 2.24) is 10.6 Å². The lowest BCUT2D eigenvalue weighted by atomic mass is 10.0. The van der Waals surface area contributed by atoms with Crippen molar-refractivity contribution in [3.05, 3.63) is 41.5 Å². The summed E-state index contributed by atoms with van der Waals surface area (Å²) < 4.78 is 10.7. The van der Waals surface area contributed by atoms with E-state index >= 15 is 0 Å². The van der Waals surface area contributed by atoms with E-state index in [1.807, 2.05) is 6.07 Å². The molecule has 0 aromatic heterocycles. The Morgan fingerprint density at radius 2 is 1.83 bits per heavy atom. The van der Waals surface area contributed by atoms with Gasteiger partial charge < -0.3 is 9.47 Å². The monoisotopic (exact) mass is 332 g/mol. The second-order valence-electron chi connectivity index (χ2n) is 4.70. The topological polar surface area (TPSA) is 76.7 Å². The van der Waals surface area contributed by atoms with Gasteiger partial charge in [-0.3, -0.25) is 20.2 Å². The van der Waals surface area contributed by atoms with Crippen LogP contribution in [0.3, 0.4) is 0 Å². The average molecular weight is 332 g/mol. The summed E-state index contributed by atoms with van der Waals surface area (Å²) >= 11 is 4.77. The van der Waals surface area contributed by atoms with Gasteiger partial charge in [0.15, 0.2) is 16.6 Å². The maximum Gasteiger partial charge on any atom is 0.263 e. The van der Waals surface area contributed by atoms with Gasteiger partial charge in [-0.25, -0.2) is 0 Å². The van der Waals surface area contributed by atoms with Crippen molar-refractivity contribution in [2.24, 2.45) is 0 Å². The fourth-order valence-corrected chi connectivity index (χ4v) is 2.42. The molecule has 2 rings (SSSR count). The molecule has 0 spiro atoms. The lowest BCUT2D eigenvalue weighted by Gasteiger charge is -2.17. The lowest BCUT2D eigenvalue weighted by molar-refractivity contribution is -0.123. The van der Waals surface area contributed by atoms with Crippen LogP contribution in [0.4, 0.5) is 0 Å². The fourth-order valence-electron chi connectivity index (χ4n) is 2.23. The van der Waals surface area contributed by atoms with Crippen LogP contribution < -0.4 is 20.1 Å². The smallest absolute Gasteiger partial charge is 0.263 e. The maximum absolute atomic E-state index is 11.9. The summed E-state index contributed by atoms with van der Waals surface area (Å²) in [6.07, 6.45) is 3.76. The molecule has 0 unspecified atom stereocenters. The van der Waals surface area contributed by atoms with E-state index in [9.17, 15) is 9.59 Å². The van der Waals surface area contributed by atoms with E-state index in [-0.39, 0.29) is 10.7 Å². The van der Waals surface area contributed by atoms with Crippen LogP contribution in [0.1, 0.15) is 11.1 Å². The van der Waals surface area contributed by atoms with Crippen molar-refractivity contribution in [3.8, 4) is 11.5 Å². The molecule has 0 bridgehead atoms. The largest absolute Gasteiger partial charge is 0.493 e. The molecule has 1 aromatic carbocycles. The second kappa shape index (κ2) is 7.06. The Balaban J connectivity index is 2.50. The van der Waals surface area contributed by atoms with Crippen LogP contribution in [-0.4, -0.2) is 31.1 Å². The molecule has 1 heterocycles. The average Bonchev–Trinajstić information content (AvgIpc) is 2.50. The summed E-state index contributed by atoms with van der Waals surface area (Å²) in [7, 11) is 3.07. The minimum absolute atomic E-state index is 0.00296. The van der Waals surface area contributed by atoms with Gasteiger partial charge in [0, 0.05) is 5.56 Å². The molecule has 1 aromatic rings. The van der Waals surface area contributed by atoms with Gasteiger partial charge in [0.25, 0.3) is 11.8 Å². The van der Waals surface area contributed by atoms with Gasteiger partial charge in [0.05, 0.1) is 14.2 Å². The number of benzene rings is 1. The first-order chi connectivity index (χ1) is 11.0. The zero-order valence-corrected chi connectivity index (χ0v) is 13.6. The summed E-state index contributed by atoms with van der Waals surface area (Å²) in [6, 6.07) is 3.50. The van der Waals surface area contributed by atoms with Crippen molar-refractivity contribution in [2.45, 2.75) is 6.42 Å². The lowest BCUT2D eigenvalue weighted by Crippen LogP contribution is -2.51. The van der Waals surface area contributed by atoms with E-state index in [0.29, 0.717) is 23.5 Å². The number of rotatable bonds is 5. The molecule has 120 valence electrons. The number of amides is 2. The molecule has 0 saturated carbocycles. The zero-order chi connectivity index (χ0) is 17.0. The molecular weight excluding hydrogens is 316 g/mol. The standard InChI is InChI=1S/C16H16N2O4S/c1-4-5-10-6-9(8-12(21-2)13(10)22-3)7-11-14(19)17-16(23)18-15(11)20/h4,6-8H,1,5H2,2-3H3,(H2,17,18,19,20,23). The maximum atomic E-state index is 11.9. The first-order valence-electron chi connectivity index (χ1n) is 6.74. The predicted octanol–water partition coefficient (Wildman–Crippen LogP) is 1.35. The third kappa shape index (κ3) is 3.57. The molecule has 1 aliphatic heterocycles. The van der Waals surface area contributed by atoms with Gasteiger partial charge in [-0.1, -0.05) is 6.08 Å². The van der Waals surface area contributed by atoms with E-state index in [1.54, 1.807) is 19.3 Å². The number of allylic oxidation sites excluding steroid dienone is 1. The molecule has 1 aliphatic rings. The number of hydrogen-bond acceptors (Lipinski definition) is 5. The van der Waals surface area contributed by atoms with Crippen LogP contribution in [0.2, 0.25) is 0 Å². The molecule has 6 nitrogen and oxygen atoms in total. The molecule has 1 saturated heterocycles. The third-order valence-corrected chi connectivity index (χ3v) is 3.40. The summed E-state index contributed by atoms with van der Waals surface area (Å²) in [6.45, 7) is 3.71. The highest BCUT2D eigenvalue weighted by molar-refractivity contribution is 7.80. The number of thiocarbonyl (C=S) groups is 1. The molecule has 0 aliphatic carbocycles. The number of carbonyl (C=O) groups is 2. The SMILES string of the molecule is C=CCc1cc(C=C2C(=O)NC(=S)NC2=O)cc(OC)c1OC. The number of carbonyl (C=O) groups excluding carboxylic acids is 2. The van der Waals surface area contributed by atoms with E-state index in [4.69, 9.17) is 21.7 Å². The van der Waals surface area contributed by atoms with Crippen molar-refractivity contribution in [3.63, 3.8) is 0 Å². The first kappa shape index (κ1) is 16.7. The normalized spacial score (nSPS) is 14.0. The fraction of sp³-hybridized carbons (Fsp3) is 0.188. The number of nitrogens with one attached hydrogen (secondary N) is 2. The van der Waals surface area contributed by atoms with Crippen LogP contribution in [0.25, 0.3) is 6.08 Å². The van der Waals surface area contributed by atoms with Gasteiger partial charge in [0.1, 0.15) is 5.57 Å². The minimum atomic E-state index is -0.543. The van der Waals surface area contributed by atoms with Crippen molar-refractivity contribution in [1.29, 1.82) is 0 Å². The Hall–Kier alpha value is -2.67. The molecule has 23 heavy (non-hydrogen) atoms. The van der Waals surface area contributed by atoms with E-state index < -0.39 is 11.8 Å². The van der Waals surface area contributed by atoms with Gasteiger partial charge >= 0.3 is 0 Å². The van der Waals surface area contributed by atoms with Crippen LogP contribution in [0, 0.1) is 0 Å². The van der Waals surface area contributed by atoms with Crippen molar-refractivity contribution < 1.29 is 19.1 Å². The highest BCUT2D eigenvalue weighted by atomic mass is 32.1. The Labute approximate surface area is 139 Å². The Morgan fingerprint density at radius 1 is 1.17 bits per heavy atom. The van der Waals surface area contributed by atoms with E-state index in [0.717, 1.165) is 5.56 Å². The van der Waals surface area contributed by atoms with Gasteiger partial charge in [-0.15, -0.1) is 6.58 Å². The van der Waals surface area contributed by atoms with Gasteiger partial charge in [-0.2, -0.15) is 0 Å². The molecule has 2 amide bonds. The first-order valence-corrected chi connectivity index (χ1v) is 7.15. The van der Waals surface area contributed by atoms with Crippen LogP contribution in [0.15, 0.2) is 30.4 Å². The van der Waals surface area contributed by atoms with Crippen LogP contribution in [-0.2, 0) is 16.0 Å². The predicted molar refractivity (Wildman–Crippen MR) is 90.3 cm³/mol. The Kier molecular flexibility index (Phi) is 5.13. The van der Waals surface area contributed by atoms with Crippen molar-refractivity contribution >= 4 is 35.2 Å². The summed E-state index contributed by atoms with van der Waals surface area (Å²) in [5.41, 5.74) is 1.43. The van der Waals surface area contributed by atoms with Crippen LogP contribution >= 0.6 is 12.2 Å². The quantitative estimate of drug-likeness (QED) is 0.368. The Bertz CT molecular complexity index is 703.